The lowest BCUT2D eigenvalue weighted by molar-refractivity contribution is -0.123. The van der Waals surface area contributed by atoms with Gasteiger partial charge in [0.05, 0.1) is 0 Å². The Morgan fingerprint density at radius 3 is 2.29 bits per heavy atom. The molecule has 0 aliphatic carbocycles. The first-order valence-electron chi connectivity index (χ1n) is 4.25. The van der Waals surface area contributed by atoms with Crippen LogP contribution in [0.15, 0.2) is 24.3 Å². The van der Waals surface area contributed by atoms with Crippen molar-refractivity contribution in [1.29, 1.82) is 0 Å². The van der Waals surface area contributed by atoms with Crippen LogP contribution in [0.1, 0.15) is 12.5 Å². The molecular weight excluding hydrogens is 200 g/mol. The first-order chi connectivity index (χ1) is 6.50. The van der Waals surface area contributed by atoms with Gasteiger partial charge in [0.2, 0.25) is 5.91 Å². The Hall–Kier alpha value is -1.06. The standard InChI is InChI=1S/C10H13ClN2O/c1-10(13-2,9(12)14)7-3-5-8(11)6-4-7/h3-6,13H,1-2H3,(H2,12,14). The van der Waals surface area contributed by atoms with E-state index in [1.807, 2.05) is 0 Å². The van der Waals surface area contributed by atoms with Crippen LogP contribution in [-0.2, 0) is 10.3 Å². The van der Waals surface area contributed by atoms with E-state index in [4.69, 9.17) is 17.3 Å². The average Bonchev–Trinajstić information content (AvgIpc) is 2.17. The fraction of sp³-hybridized carbons (Fsp3) is 0.300. The van der Waals surface area contributed by atoms with Gasteiger partial charge >= 0.3 is 0 Å². The zero-order valence-electron chi connectivity index (χ0n) is 8.17. The number of hydrogen-bond donors (Lipinski definition) is 2. The number of primary amides is 1. The maximum atomic E-state index is 11.3. The van der Waals surface area contributed by atoms with Gasteiger partial charge in [-0.1, -0.05) is 23.7 Å². The summed E-state index contributed by atoms with van der Waals surface area (Å²) in [7, 11) is 1.69. The Morgan fingerprint density at radius 2 is 1.93 bits per heavy atom. The summed E-state index contributed by atoms with van der Waals surface area (Å²) >= 11 is 5.75. The van der Waals surface area contributed by atoms with E-state index in [0.717, 1.165) is 5.56 Å². The van der Waals surface area contributed by atoms with Gasteiger partial charge in [0.15, 0.2) is 0 Å². The van der Waals surface area contributed by atoms with E-state index in [1.165, 1.54) is 0 Å². The van der Waals surface area contributed by atoms with Crippen LogP contribution in [0.5, 0.6) is 0 Å². The van der Waals surface area contributed by atoms with E-state index >= 15 is 0 Å². The average molecular weight is 213 g/mol. The van der Waals surface area contributed by atoms with Crippen molar-refractivity contribution in [3.8, 4) is 0 Å². The molecule has 1 amide bonds. The molecule has 1 aromatic rings. The second kappa shape index (κ2) is 3.98. The molecule has 1 rings (SSSR count). The van der Waals surface area contributed by atoms with Crippen LogP contribution in [0.3, 0.4) is 0 Å². The Bertz CT molecular complexity index is 336. The monoisotopic (exact) mass is 212 g/mol. The zero-order chi connectivity index (χ0) is 10.8. The molecule has 3 N–H and O–H groups in total. The summed E-state index contributed by atoms with van der Waals surface area (Å²) < 4.78 is 0. The summed E-state index contributed by atoms with van der Waals surface area (Å²) in [6, 6.07) is 7.03. The Kier molecular flexibility index (Phi) is 3.13. The van der Waals surface area contributed by atoms with Crippen LogP contribution >= 0.6 is 11.6 Å². The molecule has 0 spiro atoms. The van der Waals surface area contributed by atoms with Gasteiger partial charge < -0.3 is 11.1 Å². The van der Waals surface area contributed by atoms with Crippen molar-refractivity contribution < 1.29 is 4.79 Å². The lowest BCUT2D eigenvalue weighted by Crippen LogP contribution is -2.48. The minimum absolute atomic E-state index is 0.415. The quantitative estimate of drug-likeness (QED) is 0.793. The molecule has 14 heavy (non-hydrogen) atoms. The number of nitrogens with two attached hydrogens (primary N) is 1. The highest BCUT2D eigenvalue weighted by molar-refractivity contribution is 6.30. The number of nitrogens with one attached hydrogen (secondary N) is 1. The van der Waals surface area contributed by atoms with Crippen molar-refractivity contribution >= 4 is 17.5 Å². The highest BCUT2D eigenvalue weighted by atomic mass is 35.5. The maximum Gasteiger partial charge on any atom is 0.242 e. The van der Waals surface area contributed by atoms with Crippen molar-refractivity contribution in [1.82, 2.24) is 5.32 Å². The van der Waals surface area contributed by atoms with Crippen LogP contribution in [0.4, 0.5) is 0 Å². The van der Waals surface area contributed by atoms with Crippen LogP contribution in [-0.4, -0.2) is 13.0 Å². The predicted octanol–water partition coefficient (Wildman–Crippen LogP) is 1.26. The van der Waals surface area contributed by atoms with Crippen molar-refractivity contribution in [2.75, 3.05) is 7.05 Å². The third-order valence-electron chi connectivity index (χ3n) is 2.41. The molecule has 0 saturated carbocycles. The van der Waals surface area contributed by atoms with Crippen molar-refractivity contribution in [3.63, 3.8) is 0 Å². The van der Waals surface area contributed by atoms with Crippen LogP contribution < -0.4 is 11.1 Å². The second-order valence-electron chi connectivity index (χ2n) is 3.25. The second-order valence-corrected chi connectivity index (χ2v) is 3.68. The van der Waals surface area contributed by atoms with Gasteiger partial charge in [0.1, 0.15) is 5.54 Å². The minimum atomic E-state index is -0.843. The highest BCUT2D eigenvalue weighted by Crippen LogP contribution is 2.21. The Labute approximate surface area is 88.2 Å². The SMILES string of the molecule is CNC(C)(C(N)=O)c1ccc(Cl)cc1. The third-order valence-corrected chi connectivity index (χ3v) is 2.67. The number of likely N-dealkylation sites (N-methyl/N-ethyl adjacent to an activating group) is 1. The molecule has 1 unspecified atom stereocenters. The zero-order valence-corrected chi connectivity index (χ0v) is 8.93. The molecule has 0 fully saturated rings. The molecule has 0 heterocycles. The summed E-state index contributed by atoms with van der Waals surface area (Å²) in [6.45, 7) is 1.73. The molecule has 0 bridgehead atoms. The maximum absolute atomic E-state index is 11.3. The molecule has 76 valence electrons. The Balaban J connectivity index is 3.13. The van der Waals surface area contributed by atoms with Crippen LogP contribution in [0.25, 0.3) is 0 Å². The van der Waals surface area contributed by atoms with Gasteiger partial charge in [-0.05, 0) is 31.7 Å². The van der Waals surface area contributed by atoms with E-state index in [1.54, 1.807) is 38.2 Å². The predicted molar refractivity (Wildman–Crippen MR) is 57.1 cm³/mol. The highest BCUT2D eigenvalue weighted by Gasteiger charge is 2.30. The molecule has 1 atom stereocenters. The topological polar surface area (TPSA) is 55.1 Å². The first kappa shape index (κ1) is 11.0. The van der Waals surface area contributed by atoms with Crippen LogP contribution in [0.2, 0.25) is 5.02 Å². The number of hydrogen-bond acceptors (Lipinski definition) is 2. The summed E-state index contributed by atoms with van der Waals surface area (Å²) in [6.07, 6.45) is 0. The van der Waals surface area contributed by atoms with Crippen molar-refractivity contribution in [2.45, 2.75) is 12.5 Å². The molecule has 0 aromatic heterocycles. The van der Waals surface area contributed by atoms with Gasteiger partial charge in [-0.15, -0.1) is 0 Å². The van der Waals surface area contributed by atoms with E-state index < -0.39 is 11.4 Å². The fourth-order valence-electron chi connectivity index (χ4n) is 1.19. The molecule has 0 radical (unpaired) electrons. The normalized spacial score (nSPS) is 14.8. The molecule has 0 saturated heterocycles. The molecule has 1 aromatic carbocycles. The number of amides is 1. The van der Waals surface area contributed by atoms with Gasteiger partial charge in [0, 0.05) is 5.02 Å². The van der Waals surface area contributed by atoms with E-state index in [9.17, 15) is 4.79 Å². The van der Waals surface area contributed by atoms with Gasteiger partial charge in [0.25, 0.3) is 0 Å². The van der Waals surface area contributed by atoms with E-state index in [0.29, 0.717) is 5.02 Å². The molecule has 4 heteroatoms. The lowest BCUT2D eigenvalue weighted by Gasteiger charge is -2.25. The number of carbonyl (C=O) groups excluding carboxylic acids is 1. The first-order valence-corrected chi connectivity index (χ1v) is 4.63. The van der Waals surface area contributed by atoms with E-state index in [-0.39, 0.29) is 0 Å². The minimum Gasteiger partial charge on any atom is -0.368 e. The lowest BCUT2D eigenvalue weighted by atomic mass is 9.91. The molecular formula is C10H13ClN2O. The largest absolute Gasteiger partial charge is 0.368 e. The molecule has 3 nitrogen and oxygen atoms in total. The number of rotatable bonds is 3. The van der Waals surface area contributed by atoms with Crippen LogP contribution in [0, 0.1) is 0 Å². The smallest absolute Gasteiger partial charge is 0.242 e. The van der Waals surface area contributed by atoms with Gasteiger partial charge in [-0.2, -0.15) is 0 Å². The molecule has 0 aliphatic heterocycles. The number of carbonyl (C=O) groups is 1. The number of benzene rings is 1. The fourth-order valence-corrected chi connectivity index (χ4v) is 1.32. The van der Waals surface area contributed by atoms with Gasteiger partial charge in [-0.3, -0.25) is 4.79 Å². The summed E-state index contributed by atoms with van der Waals surface area (Å²) in [5, 5.41) is 3.53. The van der Waals surface area contributed by atoms with E-state index in [2.05, 4.69) is 5.32 Å². The third kappa shape index (κ3) is 1.89. The van der Waals surface area contributed by atoms with Gasteiger partial charge in [-0.25, -0.2) is 0 Å². The summed E-state index contributed by atoms with van der Waals surface area (Å²) in [5.41, 5.74) is 5.28. The summed E-state index contributed by atoms with van der Waals surface area (Å²) in [5.74, 6) is -0.415. The molecule has 0 aliphatic rings. The Morgan fingerprint density at radius 1 is 1.43 bits per heavy atom. The number of halogens is 1. The summed E-state index contributed by atoms with van der Waals surface area (Å²) in [4.78, 5) is 11.3. The van der Waals surface area contributed by atoms with Crippen molar-refractivity contribution in [2.24, 2.45) is 5.73 Å². The van der Waals surface area contributed by atoms with Crippen molar-refractivity contribution in [3.05, 3.63) is 34.9 Å².